The number of thiophene rings is 1. The summed E-state index contributed by atoms with van der Waals surface area (Å²) in [5.41, 5.74) is 0. The van der Waals surface area contributed by atoms with Crippen LogP contribution >= 0.6 is 35.3 Å². The zero-order valence-electron chi connectivity index (χ0n) is 18.2. The van der Waals surface area contributed by atoms with E-state index in [1.165, 1.54) is 76.0 Å². The van der Waals surface area contributed by atoms with Gasteiger partial charge in [0.2, 0.25) is 0 Å². The van der Waals surface area contributed by atoms with E-state index >= 15 is 0 Å². The van der Waals surface area contributed by atoms with E-state index < -0.39 is 0 Å². The number of nitrogens with one attached hydrogen (secondary N) is 2. The molecule has 166 valence electrons. The molecule has 3 heterocycles. The Bertz CT molecular complexity index is 574. The highest BCUT2D eigenvalue weighted by molar-refractivity contribution is 14.0. The summed E-state index contributed by atoms with van der Waals surface area (Å²) in [6.07, 6.45) is 9.27. The molecule has 1 aromatic rings. The average Bonchev–Trinajstić information content (AvgIpc) is 3.42. The average molecular weight is 534 g/mol. The van der Waals surface area contributed by atoms with Crippen LogP contribution in [0.25, 0.3) is 0 Å². The first-order valence-electron chi connectivity index (χ1n) is 11.2. The van der Waals surface area contributed by atoms with E-state index in [0.717, 1.165) is 25.1 Å². The Labute approximate surface area is 198 Å². The fourth-order valence-electron chi connectivity index (χ4n) is 4.49. The molecule has 3 rings (SSSR count). The smallest absolute Gasteiger partial charge is 0.191 e. The molecule has 0 amide bonds. The fraction of sp³-hybridized carbons (Fsp3) is 0.773. The number of halogens is 1. The SMILES string of the molecule is CN=C(NCCCCN1CCCCC1C)NCC(c1cccs1)N1CCCC1.I. The minimum atomic E-state index is 0. The monoisotopic (exact) mass is 533 g/mol. The summed E-state index contributed by atoms with van der Waals surface area (Å²) in [5.74, 6) is 0.937. The maximum atomic E-state index is 4.44. The molecule has 0 aliphatic carbocycles. The number of likely N-dealkylation sites (tertiary alicyclic amines) is 2. The van der Waals surface area contributed by atoms with E-state index in [1.807, 2.05) is 18.4 Å². The van der Waals surface area contributed by atoms with Crippen LogP contribution in [-0.4, -0.2) is 68.1 Å². The molecule has 5 nitrogen and oxygen atoms in total. The number of guanidine groups is 1. The normalized spacial score (nSPS) is 22.3. The highest BCUT2D eigenvalue weighted by Crippen LogP contribution is 2.27. The molecular weight excluding hydrogens is 493 g/mol. The van der Waals surface area contributed by atoms with Crippen LogP contribution in [0.3, 0.4) is 0 Å². The molecule has 2 atom stereocenters. The van der Waals surface area contributed by atoms with E-state index in [9.17, 15) is 0 Å². The third kappa shape index (κ3) is 7.99. The highest BCUT2D eigenvalue weighted by atomic mass is 127. The van der Waals surface area contributed by atoms with Gasteiger partial charge in [-0.25, -0.2) is 0 Å². The van der Waals surface area contributed by atoms with Crippen LogP contribution in [-0.2, 0) is 0 Å². The van der Waals surface area contributed by atoms with Gasteiger partial charge in [-0.1, -0.05) is 12.5 Å². The lowest BCUT2D eigenvalue weighted by atomic mass is 10.0. The predicted molar refractivity (Wildman–Crippen MR) is 137 cm³/mol. The summed E-state index contributed by atoms with van der Waals surface area (Å²) in [6.45, 7) is 9.26. The van der Waals surface area contributed by atoms with Gasteiger partial charge in [0, 0.05) is 31.1 Å². The van der Waals surface area contributed by atoms with Crippen molar-refractivity contribution in [1.82, 2.24) is 20.4 Å². The van der Waals surface area contributed by atoms with Crippen LogP contribution in [0, 0.1) is 0 Å². The number of rotatable bonds is 9. The second kappa shape index (κ2) is 13.8. The Morgan fingerprint density at radius 2 is 1.97 bits per heavy atom. The molecule has 7 heteroatoms. The molecule has 0 aromatic carbocycles. The predicted octanol–water partition coefficient (Wildman–Crippen LogP) is 4.32. The summed E-state index contributed by atoms with van der Waals surface area (Å²) in [6, 6.07) is 5.67. The van der Waals surface area contributed by atoms with Gasteiger partial charge in [-0.3, -0.25) is 9.89 Å². The van der Waals surface area contributed by atoms with Crippen molar-refractivity contribution in [2.75, 3.05) is 46.3 Å². The van der Waals surface area contributed by atoms with Crippen LogP contribution in [0.2, 0.25) is 0 Å². The number of aliphatic imine (C=N–C) groups is 1. The van der Waals surface area contributed by atoms with Gasteiger partial charge in [0.05, 0.1) is 6.04 Å². The van der Waals surface area contributed by atoms with E-state index in [4.69, 9.17) is 0 Å². The molecule has 2 N–H and O–H groups in total. The third-order valence-electron chi connectivity index (χ3n) is 6.24. The van der Waals surface area contributed by atoms with Crippen LogP contribution in [0.5, 0.6) is 0 Å². The largest absolute Gasteiger partial charge is 0.356 e. The van der Waals surface area contributed by atoms with Crippen molar-refractivity contribution in [2.24, 2.45) is 4.99 Å². The summed E-state index contributed by atoms with van der Waals surface area (Å²) >= 11 is 1.87. The lowest BCUT2D eigenvalue weighted by molar-refractivity contribution is 0.158. The van der Waals surface area contributed by atoms with Crippen LogP contribution in [0.1, 0.15) is 62.8 Å². The van der Waals surface area contributed by atoms with Gasteiger partial charge in [-0.15, -0.1) is 35.3 Å². The van der Waals surface area contributed by atoms with Crippen LogP contribution < -0.4 is 10.6 Å². The number of piperidine rings is 1. The quantitative estimate of drug-likeness (QED) is 0.215. The molecule has 2 aliphatic rings. The zero-order valence-corrected chi connectivity index (χ0v) is 21.4. The first-order chi connectivity index (χ1) is 13.8. The Hall–Kier alpha value is -0.380. The van der Waals surface area contributed by atoms with Crippen molar-refractivity contribution in [3.05, 3.63) is 22.4 Å². The van der Waals surface area contributed by atoms with Crippen LogP contribution in [0.15, 0.2) is 22.5 Å². The van der Waals surface area contributed by atoms with E-state index in [1.54, 1.807) is 0 Å². The molecule has 0 radical (unpaired) electrons. The molecule has 2 saturated heterocycles. The highest BCUT2D eigenvalue weighted by Gasteiger charge is 2.24. The Morgan fingerprint density at radius 3 is 2.66 bits per heavy atom. The summed E-state index contributed by atoms with van der Waals surface area (Å²) in [5, 5.41) is 9.28. The Balaban J connectivity index is 0.00000300. The van der Waals surface area contributed by atoms with Gasteiger partial charge in [0.25, 0.3) is 0 Å². The van der Waals surface area contributed by atoms with Crippen molar-refractivity contribution in [3.8, 4) is 0 Å². The molecule has 0 spiro atoms. The minimum absolute atomic E-state index is 0. The van der Waals surface area contributed by atoms with Crippen LogP contribution in [0.4, 0.5) is 0 Å². The van der Waals surface area contributed by atoms with Crippen molar-refractivity contribution in [1.29, 1.82) is 0 Å². The third-order valence-corrected chi connectivity index (χ3v) is 7.22. The van der Waals surface area contributed by atoms with Gasteiger partial charge >= 0.3 is 0 Å². The van der Waals surface area contributed by atoms with Gasteiger partial charge in [0.15, 0.2) is 5.96 Å². The molecule has 2 aliphatic heterocycles. The second-order valence-electron chi connectivity index (χ2n) is 8.24. The van der Waals surface area contributed by atoms with Gasteiger partial charge in [-0.05, 0) is 83.1 Å². The standard InChI is InChI=1S/C22H39N5S.HI/c1-19-10-3-5-13-26(19)14-6-4-12-24-22(23-2)25-18-20(21-11-9-17-28-21)27-15-7-8-16-27;/h9,11,17,19-20H,3-8,10,12-16,18H2,1-2H3,(H2,23,24,25);1H. The maximum absolute atomic E-state index is 4.44. The molecule has 2 unspecified atom stereocenters. The fourth-order valence-corrected chi connectivity index (χ4v) is 5.36. The van der Waals surface area contributed by atoms with Gasteiger partial charge in [-0.2, -0.15) is 0 Å². The zero-order chi connectivity index (χ0) is 19.6. The van der Waals surface area contributed by atoms with Gasteiger partial charge < -0.3 is 15.5 Å². The molecular formula is C22H40IN5S. The summed E-state index contributed by atoms with van der Waals surface area (Å²) < 4.78 is 0. The second-order valence-corrected chi connectivity index (χ2v) is 9.22. The molecule has 0 bridgehead atoms. The summed E-state index contributed by atoms with van der Waals surface area (Å²) in [4.78, 5) is 11.2. The number of hydrogen-bond acceptors (Lipinski definition) is 4. The molecule has 29 heavy (non-hydrogen) atoms. The topological polar surface area (TPSA) is 42.9 Å². The molecule has 1 aromatic heterocycles. The van der Waals surface area contributed by atoms with E-state index in [0.29, 0.717) is 6.04 Å². The Morgan fingerprint density at radius 1 is 1.17 bits per heavy atom. The summed E-state index contributed by atoms with van der Waals surface area (Å²) in [7, 11) is 1.88. The molecule has 0 saturated carbocycles. The number of hydrogen-bond donors (Lipinski definition) is 2. The van der Waals surface area contributed by atoms with Crippen molar-refractivity contribution in [3.63, 3.8) is 0 Å². The minimum Gasteiger partial charge on any atom is -0.356 e. The lowest BCUT2D eigenvalue weighted by Gasteiger charge is -2.33. The first-order valence-corrected chi connectivity index (χ1v) is 12.1. The molecule has 2 fully saturated rings. The number of nitrogens with zero attached hydrogens (tertiary/aromatic N) is 3. The van der Waals surface area contributed by atoms with E-state index in [-0.39, 0.29) is 24.0 Å². The lowest BCUT2D eigenvalue weighted by Crippen LogP contribution is -2.43. The maximum Gasteiger partial charge on any atom is 0.191 e. The van der Waals surface area contributed by atoms with Crippen molar-refractivity contribution < 1.29 is 0 Å². The number of unbranched alkanes of at least 4 members (excludes halogenated alkanes) is 1. The first kappa shape index (κ1) is 24.9. The van der Waals surface area contributed by atoms with Gasteiger partial charge in [0.1, 0.15) is 0 Å². The Kier molecular flexibility index (Phi) is 11.9. The van der Waals surface area contributed by atoms with Crippen molar-refractivity contribution in [2.45, 2.75) is 64.0 Å². The van der Waals surface area contributed by atoms with E-state index in [2.05, 4.69) is 49.9 Å². The van der Waals surface area contributed by atoms with Crippen molar-refractivity contribution >= 4 is 41.3 Å².